The lowest BCUT2D eigenvalue weighted by atomic mass is 10.0. The van der Waals surface area contributed by atoms with E-state index in [9.17, 15) is 14.7 Å². The average Bonchev–Trinajstić information content (AvgIpc) is 2.65. The third-order valence-electron chi connectivity index (χ3n) is 4.16. The van der Waals surface area contributed by atoms with Crippen molar-refractivity contribution in [1.29, 1.82) is 0 Å². The summed E-state index contributed by atoms with van der Waals surface area (Å²) in [4.78, 5) is 25.2. The first-order valence-electron chi connectivity index (χ1n) is 9.04. The van der Waals surface area contributed by atoms with Crippen LogP contribution in [0.1, 0.15) is 42.3 Å². The Morgan fingerprint density at radius 3 is 2.36 bits per heavy atom. The van der Waals surface area contributed by atoms with E-state index in [-0.39, 0.29) is 29.0 Å². The van der Waals surface area contributed by atoms with Gasteiger partial charge in [0.1, 0.15) is 6.04 Å². The van der Waals surface area contributed by atoms with Crippen LogP contribution < -0.4 is 10.6 Å². The topological polar surface area (TPSA) is 78.4 Å². The van der Waals surface area contributed by atoms with E-state index in [1.165, 1.54) is 12.1 Å². The van der Waals surface area contributed by atoms with Crippen molar-refractivity contribution in [3.63, 3.8) is 0 Å². The van der Waals surface area contributed by atoms with Gasteiger partial charge in [-0.05, 0) is 36.1 Å². The molecule has 0 aromatic heterocycles. The fourth-order valence-electron chi connectivity index (χ4n) is 2.73. The fraction of sp³-hybridized carbons (Fsp3) is 0.333. The molecule has 7 heteroatoms. The van der Waals surface area contributed by atoms with Crippen molar-refractivity contribution in [2.45, 2.75) is 32.4 Å². The minimum atomic E-state index is -0.828. The van der Waals surface area contributed by atoms with Crippen molar-refractivity contribution in [3.05, 3.63) is 69.7 Å². The molecular weight excluding hydrogens is 399 g/mol. The predicted octanol–water partition coefficient (Wildman–Crippen LogP) is 3.99. The molecule has 0 aliphatic carbocycles. The van der Waals surface area contributed by atoms with Crippen molar-refractivity contribution >= 4 is 35.0 Å². The molecule has 0 spiro atoms. The van der Waals surface area contributed by atoms with E-state index in [1.54, 1.807) is 18.2 Å². The zero-order chi connectivity index (χ0) is 20.7. The first-order chi connectivity index (χ1) is 13.3. The van der Waals surface area contributed by atoms with Crippen LogP contribution in [-0.2, 0) is 4.79 Å². The lowest BCUT2D eigenvalue weighted by Crippen LogP contribution is -2.48. The lowest BCUT2D eigenvalue weighted by molar-refractivity contribution is -0.123. The minimum Gasteiger partial charge on any atom is -0.387 e. The molecule has 0 aliphatic rings. The second-order valence-electron chi connectivity index (χ2n) is 6.95. The average molecular weight is 423 g/mol. The van der Waals surface area contributed by atoms with Gasteiger partial charge in [-0.15, -0.1) is 0 Å². The Labute approximate surface area is 175 Å². The molecule has 5 nitrogen and oxygen atoms in total. The molecule has 2 aromatic carbocycles. The molecule has 2 rings (SSSR count). The van der Waals surface area contributed by atoms with Crippen LogP contribution in [0.2, 0.25) is 10.0 Å². The zero-order valence-electron chi connectivity index (χ0n) is 15.8. The molecule has 0 heterocycles. The molecule has 0 radical (unpaired) electrons. The SMILES string of the molecule is CC(C)CC(NC(=O)c1ccc(Cl)cc1Cl)C(=O)NCC(O)c1ccccc1. The molecule has 28 heavy (non-hydrogen) atoms. The van der Waals surface area contributed by atoms with E-state index in [2.05, 4.69) is 10.6 Å². The van der Waals surface area contributed by atoms with Gasteiger partial charge in [0.25, 0.3) is 5.91 Å². The molecule has 2 atom stereocenters. The molecule has 0 fully saturated rings. The van der Waals surface area contributed by atoms with Gasteiger partial charge in [0, 0.05) is 11.6 Å². The normalized spacial score (nSPS) is 13.1. The molecule has 0 aliphatic heterocycles. The molecule has 2 aromatic rings. The Morgan fingerprint density at radius 1 is 1.07 bits per heavy atom. The summed E-state index contributed by atoms with van der Waals surface area (Å²) in [5.41, 5.74) is 0.956. The van der Waals surface area contributed by atoms with E-state index < -0.39 is 18.1 Å². The van der Waals surface area contributed by atoms with Gasteiger partial charge < -0.3 is 15.7 Å². The maximum Gasteiger partial charge on any atom is 0.253 e. The van der Waals surface area contributed by atoms with Crippen LogP contribution >= 0.6 is 23.2 Å². The van der Waals surface area contributed by atoms with Crippen LogP contribution in [0.4, 0.5) is 0 Å². The molecule has 150 valence electrons. The van der Waals surface area contributed by atoms with Crippen molar-refractivity contribution in [3.8, 4) is 0 Å². The Balaban J connectivity index is 2.03. The van der Waals surface area contributed by atoms with Gasteiger partial charge in [-0.3, -0.25) is 9.59 Å². The zero-order valence-corrected chi connectivity index (χ0v) is 17.3. The number of carbonyl (C=O) groups excluding carboxylic acids is 2. The van der Waals surface area contributed by atoms with Crippen LogP contribution in [0.15, 0.2) is 48.5 Å². The van der Waals surface area contributed by atoms with E-state index in [0.717, 1.165) is 0 Å². The fourth-order valence-corrected chi connectivity index (χ4v) is 3.22. The predicted molar refractivity (Wildman–Crippen MR) is 112 cm³/mol. The second-order valence-corrected chi connectivity index (χ2v) is 7.80. The van der Waals surface area contributed by atoms with Gasteiger partial charge in [-0.2, -0.15) is 0 Å². The number of amides is 2. The van der Waals surface area contributed by atoms with Gasteiger partial charge in [0.05, 0.1) is 16.7 Å². The van der Waals surface area contributed by atoms with Crippen LogP contribution in [-0.4, -0.2) is 29.5 Å². The highest BCUT2D eigenvalue weighted by molar-refractivity contribution is 6.36. The number of hydrogen-bond acceptors (Lipinski definition) is 3. The maximum atomic E-state index is 12.6. The molecule has 0 saturated carbocycles. The Hall–Kier alpha value is -2.08. The van der Waals surface area contributed by atoms with Crippen LogP contribution in [0.3, 0.4) is 0 Å². The quantitative estimate of drug-likeness (QED) is 0.601. The van der Waals surface area contributed by atoms with Crippen molar-refractivity contribution in [2.24, 2.45) is 5.92 Å². The van der Waals surface area contributed by atoms with Gasteiger partial charge in [0.15, 0.2) is 0 Å². The van der Waals surface area contributed by atoms with Gasteiger partial charge in [-0.25, -0.2) is 0 Å². The largest absolute Gasteiger partial charge is 0.387 e. The standard InChI is InChI=1S/C21H24Cl2N2O3/c1-13(2)10-18(25-20(27)16-9-8-15(22)11-17(16)23)21(28)24-12-19(26)14-6-4-3-5-7-14/h3-9,11,13,18-19,26H,10,12H2,1-2H3,(H,24,28)(H,25,27). The smallest absolute Gasteiger partial charge is 0.253 e. The summed E-state index contributed by atoms with van der Waals surface area (Å²) >= 11 is 11.9. The van der Waals surface area contributed by atoms with E-state index in [4.69, 9.17) is 23.2 Å². The highest BCUT2D eigenvalue weighted by Crippen LogP contribution is 2.21. The number of rotatable bonds is 8. The summed E-state index contributed by atoms with van der Waals surface area (Å²) in [6, 6.07) is 12.9. The lowest BCUT2D eigenvalue weighted by Gasteiger charge is -2.21. The monoisotopic (exact) mass is 422 g/mol. The molecule has 3 N–H and O–H groups in total. The van der Waals surface area contributed by atoms with Crippen LogP contribution in [0, 0.1) is 5.92 Å². The molecule has 2 amide bonds. The van der Waals surface area contributed by atoms with E-state index in [0.29, 0.717) is 17.0 Å². The van der Waals surface area contributed by atoms with Crippen molar-refractivity contribution < 1.29 is 14.7 Å². The first-order valence-corrected chi connectivity index (χ1v) is 9.80. The molecule has 0 saturated heterocycles. The summed E-state index contributed by atoms with van der Waals surface area (Å²) in [6.07, 6.45) is -0.379. The number of hydrogen-bond donors (Lipinski definition) is 3. The molecular formula is C21H24Cl2N2O3. The minimum absolute atomic E-state index is 0.0506. The number of nitrogens with one attached hydrogen (secondary N) is 2. The Bertz CT molecular complexity index is 813. The summed E-state index contributed by atoms with van der Waals surface area (Å²) in [5.74, 6) is -0.635. The van der Waals surface area contributed by atoms with Crippen LogP contribution in [0.5, 0.6) is 0 Å². The Morgan fingerprint density at radius 2 is 1.75 bits per heavy atom. The number of halogens is 2. The third kappa shape index (κ3) is 6.51. The molecule has 0 bridgehead atoms. The number of aliphatic hydroxyl groups excluding tert-OH is 1. The summed E-state index contributed by atoms with van der Waals surface area (Å²) in [6.45, 7) is 3.97. The summed E-state index contributed by atoms with van der Waals surface area (Å²) in [7, 11) is 0. The third-order valence-corrected chi connectivity index (χ3v) is 4.71. The van der Waals surface area contributed by atoms with Gasteiger partial charge in [-0.1, -0.05) is 67.4 Å². The van der Waals surface area contributed by atoms with Gasteiger partial charge >= 0.3 is 0 Å². The number of benzene rings is 2. The van der Waals surface area contributed by atoms with Crippen LogP contribution in [0.25, 0.3) is 0 Å². The maximum absolute atomic E-state index is 12.6. The van der Waals surface area contributed by atoms with Gasteiger partial charge in [0.2, 0.25) is 5.91 Å². The summed E-state index contributed by atoms with van der Waals surface area (Å²) in [5, 5.41) is 16.3. The van der Waals surface area contributed by atoms with E-state index in [1.807, 2.05) is 32.0 Å². The second kappa shape index (κ2) is 10.5. The Kier molecular flexibility index (Phi) is 8.30. The number of aliphatic hydroxyl groups is 1. The first kappa shape index (κ1) is 22.2. The van der Waals surface area contributed by atoms with E-state index >= 15 is 0 Å². The highest BCUT2D eigenvalue weighted by Gasteiger charge is 2.24. The highest BCUT2D eigenvalue weighted by atomic mass is 35.5. The number of carbonyl (C=O) groups is 2. The van der Waals surface area contributed by atoms with Crippen molar-refractivity contribution in [1.82, 2.24) is 10.6 Å². The summed E-state index contributed by atoms with van der Waals surface area (Å²) < 4.78 is 0. The van der Waals surface area contributed by atoms with Crippen molar-refractivity contribution in [2.75, 3.05) is 6.54 Å². The molecule has 2 unspecified atom stereocenters.